The number of rotatable bonds is 4. The molecule has 25 heavy (non-hydrogen) atoms. The van der Waals surface area contributed by atoms with Crippen LogP contribution in [0.15, 0.2) is 42.6 Å². The summed E-state index contributed by atoms with van der Waals surface area (Å²) in [6.07, 6.45) is 0.793. The molecule has 0 radical (unpaired) electrons. The molecule has 1 aromatic carbocycles. The molecule has 2 aromatic heterocycles. The van der Waals surface area contributed by atoms with E-state index < -0.39 is 12.1 Å². The summed E-state index contributed by atoms with van der Waals surface area (Å²) < 4.78 is 6.96. The minimum atomic E-state index is -0.823. The lowest BCUT2D eigenvalue weighted by molar-refractivity contribution is 0.0438. The van der Waals surface area contributed by atoms with Crippen molar-refractivity contribution in [3.8, 4) is 17.3 Å². The largest absolute Gasteiger partial charge is 0.444 e. The van der Waals surface area contributed by atoms with Crippen LogP contribution in [0.3, 0.4) is 0 Å². The lowest BCUT2D eigenvalue weighted by Crippen LogP contribution is -2.14. The first kappa shape index (κ1) is 16.7. The van der Waals surface area contributed by atoms with E-state index in [0.29, 0.717) is 22.3 Å². The van der Waals surface area contributed by atoms with E-state index in [1.165, 1.54) is 6.92 Å². The number of hydrogen-bond acceptors (Lipinski definition) is 5. The van der Waals surface area contributed by atoms with Gasteiger partial charge in [0.05, 0.1) is 22.8 Å². The summed E-state index contributed by atoms with van der Waals surface area (Å²) in [5, 5.41) is 13.9. The number of nitriles is 1. The highest BCUT2D eigenvalue weighted by atomic mass is 16.5. The highest BCUT2D eigenvalue weighted by Crippen LogP contribution is 2.27. The van der Waals surface area contributed by atoms with E-state index in [2.05, 4.69) is 5.10 Å². The number of fused-ring (bicyclic) bond motifs is 1. The number of carbonyl (C=O) groups is 1. The van der Waals surface area contributed by atoms with Crippen LogP contribution in [0, 0.1) is 11.3 Å². The van der Waals surface area contributed by atoms with Gasteiger partial charge in [0, 0.05) is 11.6 Å². The molecule has 0 amide bonds. The van der Waals surface area contributed by atoms with Crippen molar-refractivity contribution in [1.82, 2.24) is 14.8 Å². The number of nitrogens with zero attached hydrogens (tertiary/aromatic N) is 4. The molecular weight excluding hydrogens is 316 g/mol. The maximum atomic E-state index is 12.6. The minimum Gasteiger partial charge on any atom is -0.444 e. The van der Waals surface area contributed by atoms with Gasteiger partial charge in [-0.05, 0) is 26.8 Å². The predicted molar refractivity (Wildman–Crippen MR) is 93.8 cm³/mol. The summed E-state index contributed by atoms with van der Waals surface area (Å²) in [7, 11) is 0. The summed E-state index contributed by atoms with van der Waals surface area (Å²) in [5.41, 5.74) is 2.53. The average Bonchev–Trinajstić information content (AvgIpc) is 3.05. The molecule has 0 saturated heterocycles. The Morgan fingerprint density at radius 3 is 2.60 bits per heavy atom. The van der Waals surface area contributed by atoms with Gasteiger partial charge in [0.15, 0.2) is 11.8 Å². The molecular formula is C19H18N4O2. The first-order valence-corrected chi connectivity index (χ1v) is 8.05. The summed E-state index contributed by atoms with van der Waals surface area (Å²) >= 11 is 0. The van der Waals surface area contributed by atoms with Gasteiger partial charge in [0.1, 0.15) is 6.07 Å². The van der Waals surface area contributed by atoms with Crippen molar-refractivity contribution in [2.75, 3.05) is 0 Å². The van der Waals surface area contributed by atoms with Crippen molar-refractivity contribution >= 4 is 17.0 Å². The fraction of sp³-hybridized carbons (Fsp3) is 0.263. The number of carbonyl (C=O) groups excluding carboxylic acids is 1. The molecule has 2 heterocycles. The molecule has 0 aliphatic heterocycles. The summed E-state index contributed by atoms with van der Waals surface area (Å²) in [5.74, 6) is -0.554. The van der Waals surface area contributed by atoms with Gasteiger partial charge in [-0.3, -0.25) is 0 Å². The number of hydrogen-bond donors (Lipinski definition) is 0. The monoisotopic (exact) mass is 334 g/mol. The number of esters is 1. The molecule has 0 unspecified atom stereocenters. The molecule has 0 bridgehead atoms. The van der Waals surface area contributed by atoms with Crippen LogP contribution in [0.1, 0.15) is 37.2 Å². The number of pyridine rings is 1. The SMILES string of the molecule is CC(C)n1ncc2c(C(=O)O[C@H](C)C#N)cc(-c3ccccc3)nc21. The van der Waals surface area contributed by atoms with Crippen LogP contribution in [0.25, 0.3) is 22.3 Å². The molecule has 126 valence electrons. The van der Waals surface area contributed by atoms with E-state index in [1.54, 1.807) is 16.9 Å². The molecule has 0 N–H and O–H groups in total. The highest BCUT2D eigenvalue weighted by Gasteiger charge is 2.20. The molecule has 0 aliphatic carbocycles. The molecule has 1 atom stereocenters. The van der Waals surface area contributed by atoms with Gasteiger partial charge in [0.2, 0.25) is 0 Å². The van der Waals surface area contributed by atoms with Gasteiger partial charge in [0.25, 0.3) is 0 Å². The molecule has 3 aromatic rings. The third-order valence-electron chi connectivity index (χ3n) is 3.81. The Morgan fingerprint density at radius 1 is 1.24 bits per heavy atom. The van der Waals surface area contributed by atoms with E-state index in [-0.39, 0.29) is 6.04 Å². The van der Waals surface area contributed by atoms with Crippen LogP contribution in [0.4, 0.5) is 0 Å². The van der Waals surface area contributed by atoms with Crippen molar-refractivity contribution in [2.45, 2.75) is 32.9 Å². The Kier molecular flexibility index (Phi) is 4.48. The molecule has 0 fully saturated rings. The van der Waals surface area contributed by atoms with Crippen molar-refractivity contribution in [1.29, 1.82) is 5.26 Å². The Balaban J connectivity index is 2.21. The van der Waals surface area contributed by atoms with Crippen LogP contribution in [0.5, 0.6) is 0 Å². The maximum Gasteiger partial charge on any atom is 0.340 e. The normalized spacial score (nSPS) is 12.1. The zero-order valence-electron chi connectivity index (χ0n) is 14.3. The molecule has 0 saturated carbocycles. The topological polar surface area (TPSA) is 80.8 Å². The molecule has 0 aliphatic rings. The fourth-order valence-corrected chi connectivity index (χ4v) is 2.57. The van der Waals surface area contributed by atoms with Gasteiger partial charge in [-0.1, -0.05) is 30.3 Å². The van der Waals surface area contributed by atoms with Crippen molar-refractivity contribution in [3.63, 3.8) is 0 Å². The Hall–Kier alpha value is -3.20. The van der Waals surface area contributed by atoms with Crippen LogP contribution >= 0.6 is 0 Å². The third kappa shape index (κ3) is 3.22. The first-order chi connectivity index (χ1) is 12.0. The third-order valence-corrected chi connectivity index (χ3v) is 3.81. The second-order valence-electron chi connectivity index (χ2n) is 6.02. The van der Waals surface area contributed by atoms with Gasteiger partial charge in [-0.15, -0.1) is 0 Å². The zero-order valence-corrected chi connectivity index (χ0v) is 14.3. The first-order valence-electron chi connectivity index (χ1n) is 8.05. The van der Waals surface area contributed by atoms with E-state index in [0.717, 1.165) is 5.56 Å². The maximum absolute atomic E-state index is 12.6. The lowest BCUT2D eigenvalue weighted by Gasteiger charge is -2.11. The Bertz CT molecular complexity index is 955. The second-order valence-corrected chi connectivity index (χ2v) is 6.02. The van der Waals surface area contributed by atoms with Gasteiger partial charge in [-0.2, -0.15) is 10.4 Å². The molecule has 3 rings (SSSR count). The number of benzene rings is 1. The quantitative estimate of drug-likeness (QED) is 0.679. The predicted octanol–water partition coefficient (Wildman–Crippen LogP) is 3.75. The van der Waals surface area contributed by atoms with Crippen LogP contribution in [-0.2, 0) is 4.74 Å². The fourth-order valence-electron chi connectivity index (χ4n) is 2.57. The Morgan fingerprint density at radius 2 is 1.96 bits per heavy atom. The van der Waals surface area contributed by atoms with Crippen LogP contribution in [0.2, 0.25) is 0 Å². The average molecular weight is 334 g/mol. The summed E-state index contributed by atoms with van der Waals surface area (Å²) in [6.45, 7) is 5.53. The standard InChI is InChI=1S/C19H18N4O2/c1-12(2)23-18-16(11-21-23)15(19(24)25-13(3)10-20)9-17(22-18)14-7-5-4-6-8-14/h4-9,11-13H,1-3H3/t13-/m1/s1. The van der Waals surface area contributed by atoms with Gasteiger partial charge in [-0.25, -0.2) is 14.5 Å². The minimum absolute atomic E-state index is 0.0953. The van der Waals surface area contributed by atoms with Crippen molar-refractivity contribution in [2.24, 2.45) is 0 Å². The molecule has 6 nitrogen and oxygen atoms in total. The summed E-state index contributed by atoms with van der Waals surface area (Å²) in [6, 6.07) is 13.3. The van der Waals surface area contributed by atoms with Crippen LogP contribution in [-0.4, -0.2) is 26.8 Å². The smallest absolute Gasteiger partial charge is 0.340 e. The second kappa shape index (κ2) is 6.73. The van der Waals surface area contributed by atoms with Crippen LogP contribution < -0.4 is 0 Å². The van der Waals surface area contributed by atoms with E-state index in [4.69, 9.17) is 15.0 Å². The summed E-state index contributed by atoms with van der Waals surface area (Å²) in [4.78, 5) is 17.2. The Labute approximate surface area is 145 Å². The molecule has 6 heteroatoms. The zero-order chi connectivity index (χ0) is 18.0. The van der Waals surface area contributed by atoms with E-state index in [1.807, 2.05) is 50.2 Å². The number of aromatic nitrogens is 3. The van der Waals surface area contributed by atoms with Gasteiger partial charge < -0.3 is 4.74 Å². The number of ether oxygens (including phenoxy) is 1. The molecule has 0 spiro atoms. The highest BCUT2D eigenvalue weighted by molar-refractivity contribution is 6.03. The van der Waals surface area contributed by atoms with Gasteiger partial charge >= 0.3 is 5.97 Å². The van der Waals surface area contributed by atoms with Crippen molar-refractivity contribution in [3.05, 3.63) is 48.2 Å². The van der Waals surface area contributed by atoms with E-state index in [9.17, 15) is 4.79 Å². The lowest BCUT2D eigenvalue weighted by atomic mass is 10.1. The van der Waals surface area contributed by atoms with E-state index >= 15 is 0 Å². The van der Waals surface area contributed by atoms with Crippen molar-refractivity contribution < 1.29 is 9.53 Å².